The number of carbonyl (C=O) groups is 1. The lowest BCUT2D eigenvalue weighted by Gasteiger charge is -2.22. The number of likely N-dealkylation sites (N-methyl/N-ethyl adjacent to an activating group) is 1. The molecule has 0 aliphatic rings. The number of Topliss-reactive ketones (excluding diaryl/α,β-unsaturated/α-hetero) is 1. The summed E-state index contributed by atoms with van der Waals surface area (Å²) in [5.74, 6) is 0.0991. The molecule has 6 heteroatoms. The maximum absolute atomic E-state index is 12.3. The van der Waals surface area contributed by atoms with Crippen molar-refractivity contribution in [2.24, 2.45) is 0 Å². The molecule has 0 bridgehead atoms. The predicted octanol–water partition coefficient (Wildman–Crippen LogP) is 4.82. The van der Waals surface area contributed by atoms with E-state index < -0.39 is 0 Å². The van der Waals surface area contributed by atoms with E-state index in [0.29, 0.717) is 15.8 Å². The van der Waals surface area contributed by atoms with E-state index in [1.54, 1.807) is 12.1 Å². The zero-order valence-electron chi connectivity index (χ0n) is 10.5. The van der Waals surface area contributed by atoms with E-state index in [9.17, 15) is 4.79 Å². The summed E-state index contributed by atoms with van der Waals surface area (Å²) < 4.78 is 1.41. The fourth-order valence-corrected chi connectivity index (χ4v) is 3.89. The van der Waals surface area contributed by atoms with Gasteiger partial charge in [-0.3, -0.25) is 9.69 Å². The van der Waals surface area contributed by atoms with Crippen molar-refractivity contribution in [3.63, 3.8) is 0 Å². The third-order valence-corrected chi connectivity index (χ3v) is 5.35. The normalized spacial score (nSPS) is 12.9. The molecule has 2 aromatic rings. The Morgan fingerprint density at radius 2 is 1.84 bits per heavy atom. The second-order valence-corrected chi connectivity index (χ2v) is 7.78. The molecule has 0 saturated heterocycles. The lowest BCUT2D eigenvalue weighted by molar-refractivity contribution is 0.0867. The Bertz CT molecular complexity index is 579. The number of nitrogens with zero attached hydrogens (tertiary/aromatic N) is 1. The summed E-state index contributed by atoms with van der Waals surface area (Å²) in [5, 5.41) is 0. The highest BCUT2D eigenvalue weighted by Gasteiger charge is 2.21. The molecule has 1 atom stereocenters. The minimum atomic E-state index is -0.185. The molecule has 0 N–H and O–H groups in total. The van der Waals surface area contributed by atoms with Gasteiger partial charge in [0.25, 0.3) is 0 Å². The Kier molecular flexibility index (Phi) is 5.03. The summed E-state index contributed by atoms with van der Waals surface area (Å²) in [6.07, 6.45) is 0. The maximum Gasteiger partial charge on any atom is 0.189 e. The van der Waals surface area contributed by atoms with Gasteiger partial charge in [0.15, 0.2) is 5.78 Å². The highest BCUT2D eigenvalue weighted by Crippen LogP contribution is 2.25. The fraction of sp³-hybridized carbons (Fsp3) is 0.308. The zero-order valence-corrected chi connectivity index (χ0v) is 13.7. The molecule has 2 nitrogen and oxygen atoms in total. The minimum absolute atomic E-state index is 0.0991. The summed E-state index contributed by atoms with van der Waals surface area (Å²) in [4.78, 5) is 16.1. The summed E-state index contributed by atoms with van der Waals surface area (Å²) in [7, 11) is 1.94. The van der Waals surface area contributed by atoms with Gasteiger partial charge in [-0.1, -0.05) is 23.2 Å². The molecule has 2 rings (SSSR count). The van der Waals surface area contributed by atoms with Crippen LogP contribution in [-0.2, 0) is 6.54 Å². The molecular formula is C13H13Cl2NOS2. The number of ketones is 1. The third kappa shape index (κ3) is 3.80. The molecule has 2 aromatic heterocycles. The standard InChI is InChI=1S/C13H13Cl2NOS2/c1-8(13(17)10-4-6-12(15)19-10)16(2)7-9-3-5-11(14)18-9/h3-6,8H,7H2,1-2H3. The van der Waals surface area contributed by atoms with Crippen molar-refractivity contribution in [1.29, 1.82) is 0 Å². The SMILES string of the molecule is CC(C(=O)c1ccc(Cl)s1)N(C)Cc1ccc(Cl)s1. The van der Waals surface area contributed by atoms with Crippen LogP contribution in [0.3, 0.4) is 0 Å². The lowest BCUT2D eigenvalue weighted by Crippen LogP contribution is -2.35. The van der Waals surface area contributed by atoms with Gasteiger partial charge in [-0.05, 0) is 38.2 Å². The second kappa shape index (κ2) is 6.37. The molecule has 102 valence electrons. The molecule has 0 saturated carbocycles. The van der Waals surface area contributed by atoms with Gasteiger partial charge in [0, 0.05) is 11.4 Å². The van der Waals surface area contributed by atoms with Gasteiger partial charge < -0.3 is 0 Å². The predicted molar refractivity (Wildman–Crippen MR) is 83.9 cm³/mol. The van der Waals surface area contributed by atoms with Crippen LogP contribution in [0.15, 0.2) is 24.3 Å². The Labute approximate surface area is 130 Å². The summed E-state index contributed by atoms with van der Waals surface area (Å²) in [6, 6.07) is 7.21. The van der Waals surface area contributed by atoms with Crippen LogP contribution in [0.1, 0.15) is 21.5 Å². The number of rotatable bonds is 5. The number of thiophene rings is 2. The van der Waals surface area contributed by atoms with Gasteiger partial charge >= 0.3 is 0 Å². The highest BCUT2D eigenvalue weighted by molar-refractivity contribution is 7.18. The van der Waals surface area contributed by atoms with Crippen LogP contribution >= 0.6 is 45.9 Å². The molecule has 0 spiro atoms. The molecule has 0 aromatic carbocycles. The molecule has 1 unspecified atom stereocenters. The van der Waals surface area contributed by atoms with E-state index in [4.69, 9.17) is 23.2 Å². The Morgan fingerprint density at radius 1 is 1.21 bits per heavy atom. The molecule has 2 heterocycles. The number of carbonyl (C=O) groups excluding carboxylic acids is 1. The average molecular weight is 334 g/mol. The smallest absolute Gasteiger partial charge is 0.189 e. The van der Waals surface area contributed by atoms with Crippen molar-refractivity contribution < 1.29 is 4.79 Å². The third-order valence-electron chi connectivity index (χ3n) is 2.89. The van der Waals surface area contributed by atoms with Crippen LogP contribution in [0.5, 0.6) is 0 Å². The van der Waals surface area contributed by atoms with Crippen molar-refractivity contribution >= 4 is 51.7 Å². The Balaban J connectivity index is 2.02. The number of hydrogen-bond donors (Lipinski definition) is 0. The molecule has 0 radical (unpaired) electrons. The van der Waals surface area contributed by atoms with Gasteiger partial charge in [0.1, 0.15) is 0 Å². The highest BCUT2D eigenvalue weighted by atomic mass is 35.5. The van der Waals surface area contributed by atoms with Gasteiger partial charge in [-0.25, -0.2) is 0 Å². The monoisotopic (exact) mass is 333 g/mol. The van der Waals surface area contributed by atoms with Crippen molar-refractivity contribution in [1.82, 2.24) is 4.90 Å². The number of hydrogen-bond acceptors (Lipinski definition) is 4. The van der Waals surface area contributed by atoms with Crippen LogP contribution in [-0.4, -0.2) is 23.8 Å². The largest absolute Gasteiger partial charge is 0.291 e. The van der Waals surface area contributed by atoms with Crippen LogP contribution in [0, 0.1) is 0 Å². The Hall–Kier alpha value is -0.390. The van der Waals surface area contributed by atoms with Gasteiger partial charge in [0.2, 0.25) is 0 Å². The fourth-order valence-electron chi connectivity index (χ4n) is 1.67. The van der Waals surface area contributed by atoms with E-state index in [1.165, 1.54) is 22.7 Å². The maximum atomic E-state index is 12.3. The van der Waals surface area contributed by atoms with E-state index >= 15 is 0 Å². The molecule has 0 aliphatic carbocycles. The first kappa shape index (κ1) is 15.0. The van der Waals surface area contributed by atoms with E-state index in [1.807, 2.05) is 31.0 Å². The van der Waals surface area contributed by atoms with E-state index in [0.717, 1.165) is 9.21 Å². The molecule has 0 fully saturated rings. The van der Waals surface area contributed by atoms with Crippen LogP contribution in [0.4, 0.5) is 0 Å². The second-order valence-electron chi connectivity index (χ2n) is 4.26. The van der Waals surface area contributed by atoms with E-state index in [2.05, 4.69) is 0 Å². The first-order valence-corrected chi connectivity index (χ1v) is 8.10. The number of halogens is 2. The molecule has 19 heavy (non-hydrogen) atoms. The van der Waals surface area contributed by atoms with Gasteiger partial charge in [-0.15, -0.1) is 22.7 Å². The summed E-state index contributed by atoms with van der Waals surface area (Å²) >= 11 is 14.6. The summed E-state index contributed by atoms with van der Waals surface area (Å²) in [6.45, 7) is 2.62. The van der Waals surface area contributed by atoms with Gasteiger partial charge in [-0.2, -0.15) is 0 Å². The van der Waals surface area contributed by atoms with Crippen molar-refractivity contribution in [2.75, 3.05) is 7.05 Å². The first-order valence-electron chi connectivity index (χ1n) is 5.71. The van der Waals surface area contributed by atoms with Gasteiger partial charge in [0.05, 0.1) is 19.6 Å². The quantitative estimate of drug-likeness (QED) is 0.731. The zero-order chi connectivity index (χ0) is 14.0. The van der Waals surface area contributed by atoms with Crippen molar-refractivity contribution in [3.05, 3.63) is 42.7 Å². The molecular weight excluding hydrogens is 321 g/mol. The average Bonchev–Trinajstić information content (AvgIpc) is 2.96. The lowest BCUT2D eigenvalue weighted by atomic mass is 10.1. The molecule has 0 amide bonds. The van der Waals surface area contributed by atoms with E-state index in [-0.39, 0.29) is 11.8 Å². The minimum Gasteiger partial charge on any atom is -0.291 e. The topological polar surface area (TPSA) is 20.3 Å². The Morgan fingerprint density at radius 3 is 2.37 bits per heavy atom. The summed E-state index contributed by atoms with van der Waals surface area (Å²) in [5.41, 5.74) is 0. The first-order chi connectivity index (χ1) is 8.97. The van der Waals surface area contributed by atoms with Crippen LogP contribution in [0.25, 0.3) is 0 Å². The molecule has 0 aliphatic heterocycles. The van der Waals surface area contributed by atoms with Crippen LogP contribution in [0.2, 0.25) is 8.67 Å². The van der Waals surface area contributed by atoms with Crippen LogP contribution < -0.4 is 0 Å². The van der Waals surface area contributed by atoms with Crippen molar-refractivity contribution in [3.8, 4) is 0 Å². The van der Waals surface area contributed by atoms with Crippen molar-refractivity contribution in [2.45, 2.75) is 19.5 Å².